The average molecular weight is 287 g/mol. The first-order valence-corrected chi connectivity index (χ1v) is 7.72. The van der Waals surface area contributed by atoms with Crippen molar-refractivity contribution in [3.63, 3.8) is 0 Å². The number of hydrogen-bond acceptors (Lipinski definition) is 1. The van der Waals surface area contributed by atoms with Crippen LogP contribution in [-0.4, -0.2) is 4.83 Å². The van der Waals surface area contributed by atoms with Gasteiger partial charge in [-0.1, -0.05) is 42.1 Å². The van der Waals surface area contributed by atoms with Crippen molar-refractivity contribution in [1.29, 1.82) is 0 Å². The molecule has 0 N–H and O–H groups in total. The maximum atomic E-state index is 3.92. The fraction of sp³-hybridized carbons (Fsp3) is 0.692. The van der Waals surface area contributed by atoms with Crippen LogP contribution in [0.2, 0.25) is 0 Å². The monoisotopic (exact) mass is 286 g/mol. The normalized spacial score (nSPS) is 22.5. The molecule has 2 rings (SSSR count). The summed E-state index contributed by atoms with van der Waals surface area (Å²) in [4.78, 5) is 0.653. The second-order valence-electron chi connectivity index (χ2n) is 5.02. The summed E-state index contributed by atoms with van der Waals surface area (Å²) in [6.45, 7) is 2.46. The highest BCUT2D eigenvalue weighted by Gasteiger charge is 2.33. The van der Waals surface area contributed by atoms with Crippen LogP contribution in [0.15, 0.2) is 16.8 Å². The van der Waals surface area contributed by atoms with Crippen LogP contribution >= 0.6 is 27.3 Å². The second-order valence-corrected chi connectivity index (χ2v) is 6.90. The van der Waals surface area contributed by atoms with Crippen molar-refractivity contribution in [2.24, 2.45) is 5.41 Å². The van der Waals surface area contributed by atoms with Gasteiger partial charge in [-0.05, 0) is 47.1 Å². The molecule has 1 aromatic heterocycles. The molecule has 1 aromatic rings. The van der Waals surface area contributed by atoms with Gasteiger partial charge in [0, 0.05) is 4.83 Å². The molecule has 15 heavy (non-hydrogen) atoms. The van der Waals surface area contributed by atoms with E-state index in [1.807, 2.05) is 0 Å². The summed E-state index contributed by atoms with van der Waals surface area (Å²) in [7, 11) is 0. The Hall–Kier alpha value is 0.180. The first-order chi connectivity index (χ1) is 7.21. The molecule has 0 radical (unpaired) electrons. The molecule has 0 bridgehead atoms. The van der Waals surface area contributed by atoms with Crippen molar-refractivity contribution >= 4 is 27.3 Å². The van der Waals surface area contributed by atoms with Gasteiger partial charge in [-0.25, -0.2) is 0 Å². The smallest absolute Gasteiger partial charge is 0.0240 e. The molecule has 0 nitrogen and oxygen atoms in total. The Morgan fingerprint density at radius 3 is 2.73 bits per heavy atom. The molecular formula is C13H19BrS. The van der Waals surface area contributed by atoms with Crippen LogP contribution in [0.4, 0.5) is 0 Å². The summed E-state index contributed by atoms with van der Waals surface area (Å²) < 4.78 is 0. The predicted octanol–water partition coefficient (Wildman–Crippen LogP) is 5.02. The van der Waals surface area contributed by atoms with E-state index in [9.17, 15) is 0 Å². The molecule has 0 aliphatic heterocycles. The van der Waals surface area contributed by atoms with Crippen molar-refractivity contribution < 1.29 is 0 Å². The van der Waals surface area contributed by atoms with Gasteiger partial charge in [-0.2, -0.15) is 11.3 Å². The van der Waals surface area contributed by atoms with Crippen molar-refractivity contribution in [2.75, 3.05) is 0 Å². The summed E-state index contributed by atoms with van der Waals surface area (Å²) >= 11 is 5.73. The van der Waals surface area contributed by atoms with Crippen molar-refractivity contribution in [1.82, 2.24) is 0 Å². The van der Waals surface area contributed by atoms with Crippen molar-refractivity contribution in [3.8, 4) is 0 Å². The van der Waals surface area contributed by atoms with Crippen LogP contribution in [0.25, 0.3) is 0 Å². The fourth-order valence-corrected chi connectivity index (χ4v) is 4.05. The van der Waals surface area contributed by atoms with E-state index >= 15 is 0 Å². The lowest BCUT2D eigenvalue weighted by molar-refractivity contribution is 0.211. The van der Waals surface area contributed by atoms with Crippen LogP contribution in [0.3, 0.4) is 0 Å². The van der Waals surface area contributed by atoms with E-state index in [1.54, 1.807) is 11.3 Å². The molecule has 0 amide bonds. The highest BCUT2D eigenvalue weighted by molar-refractivity contribution is 9.09. The fourth-order valence-electron chi connectivity index (χ4n) is 2.53. The van der Waals surface area contributed by atoms with E-state index in [1.165, 1.54) is 44.1 Å². The summed E-state index contributed by atoms with van der Waals surface area (Å²) in [6.07, 6.45) is 8.26. The largest absolute Gasteiger partial charge is 0.152 e. The average Bonchev–Trinajstić information content (AvgIpc) is 2.71. The van der Waals surface area contributed by atoms with E-state index in [0.29, 0.717) is 10.2 Å². The lowest BCUT2D eigenvalue weighted by Crippen LogP contribution is -2.31. The van der Waals surface area contributed by atoms with Gasteiger partial charge in [0.05, 0.1) is 0 Å². The zero-order valence-electron chi connectivity index (χ0n) is 9.34. The maximum Gasteiger partial charge on any atom is 0.0240 e. The molecule has 0 aromatic carbocycles. The summed E-state index contributed by atoms with van der Waals surface area (Å²) in [5, 5.41) is 4.46. The lowest BCUT2D eigenvalue weighted by atomic mass is 9.72. The SMILES string of the molecule is CC1(C(Br)Cc2ccsc2)CCCCC1. The van der Waals surface area contributed by atoms with Gasteiger partial charge in [0.15, 0.2) is 0 Å². The van der Waals surface area contributed by atoms with Gasteiger partial charge in [0.25, 0.3) is 0 Å². The number of hydrogen-bond donors (Lipinski definition) is 0. The van der Waals surface area contributed by atoms with Gasteiger partial charge in [-0.3, -0.25) is 0 Å². The van der Waals surface area contributed by atoms with E-state index in [2.05, 4.69) is 39.7 Å². The van der Waals surface area contributed by atoms with Crippen LogP contribution in [-0.2, 0) is 6.42 Å². The number of alkyl halides is 1. The zero-order chi connectivity index (χ0) is 10.7. The van der Waals surface area contributed by atoms with Gasteiger partial charge in [-0.15, -0.1) is 0 Å². The molecular weight excluding hydrogens is 268 g/mol. The first kappa shape index (κ1) is 11.7. The number of rotatable bonds is 3. The maximum absolute atomic E-state index is 3.92. The molecule has 1 fully saturated rings. The van der Waals surface area contributed by atoms with E-state index < -0.39 is 0 Å². The van der Waals surface area contributed by atoms with Crippen molar-refractivity contribution in [3.05, 3.63) is 22.4 Å². The molecule has 1 atom stereocenters. The van der Waals surface area contributed by atoms with E-state index in [0.717, 1.165) is 0 Å². The molecule has 1 aliphatic rings. The lowest BCUT2D eigenvalue weighted by Gasteiger charge is -2.38. The van der Waals surface area contributed by atoms with E-state index in [4.69, 9.17) is 0 Å². The van der Waals surface area contributed by atoms with Crippen LogP contribution < -0.4 is 0 Å². The summed E-state index contributed by atoms with van der Waals surface area (Å²) in [5.41, 5.74) is 2.02. The molecule has 0 saturated heterocycles. The van der Waals surface area contributed by atoms with Crippen molar-refractivity contribution in [2.45, 2.75) is 50.3 Å². The Bertz CT molecular complexity index is 285. The summed E-state index contributed by atoms with van der Waals surface area (Å²) in [5.74, 6) is 0. The van der Waals surface area contributed by atoms with Crippen LogP contribution in [0.1, 0.15) is 44.6 Å². The third-order valence-corrected chi connectivity index (χ3v) is 5.91. The van der Waals surface area contributed by atoms with E-state index in [-0.39, 0.29) is 0 Å². The standard InChI is InChI=1S/C13H19BrS/c1-13(6-3-2-4-7-13)12(14)9-11-5-8-15-10-11/h5,8,10,12H,2-4,6-7,9H2,1H3. The zero-order valence-corrected chi connectivity index (χ0v) is 11.7. The van der Waals surface area contributed by atoms with Gasteiger partial charge in [0.2, 0.25) is 0 Å². The van der Waals surface area contributed by atoms with Gasteiger partial charge < -0.3 is 0 Å². The Morgan fingerprint density at radius 2 is 2.13 bits per heavy atom. The molecule has 1 saturated carbocycles. The van der Waals surface area contributed by atoms with Crippen LogP contribution in [0.5, 0.6) is 0 Å². The molecule has 1 unspecified atom stereocenters. The van der Waals surface area contributed by atoms with Crippen LogP contribution in [0, 0.1) is 5.41 Å². The molecule has 84 valence electrons. The molecule has 1 aliphatic carbocycles. The Labute approximate surface area is 105 Å². The third-order valence-electron chi connectivity index (χ3n) is 3.75. The Kier molecular flexibility index (Phi) is 3.89. The number of thiophene rings is 1. The highest BCUT2D eigenvalue weighted by atomic mass is 79.9. The highest BCUT2D eigenvalue weighted by Crippen LogP contribution is 2.43. The Morgan fingerprint density at radius 1 is 1.40 bits per heavy atom. The second kappa shape index (κ2) is 5.01. The number of halogens is 1. The van der Waals surface area contributed by atoms with Gasteiger partial charge >= 0.3 is 0 Å². The third kappa shape index (κ3) is 2.85. The minimum Gasteiger partial charge on any atom is -0.152 e. The topological polar surface area (TPSA) is 0 Å². The molecule has 1 heterocycles. The minimum atomic E-state index is 0.528. The predicted molar refractivity (Wildman–Crippen MR) is 71.9 cm³/mol. The summed E-state index contributed by atoms with van der Waals surface area (Å²) in [6, 6.07) is 2.26. The first-order valence-electron chi connectivity index (χ1n) is 5.86. The van der Waals surface area contributed by atoms with Gasteiger partial charge in [0.1, 0.15) is 0 Å². The molecule has 2 heteroatoms. The minimum absolute atomic E-state index is 0.528. The molecule has 0 spiro atoms. The quantitative estimate of drug-likeness (QED) is 0.684. The Balaban J connectivity index is 1.97.